The number of hydrogen-bond acceptors (Lipinski definition) is 5. The number of carbonyl (C=O) groups excluding carboxylic acids is 2. The molecule has 0 saturated carbocycles. The number of aromatic nitrogens is 2. The zero-order valence-electron chi connectivity index (χ0n) is 13.6. The molecule has 2 aromatic rings. The van der Waals surface area contributed by atoms with Gasteiger partial charge in [0.1, 0.15) is 18.0 Å². The Balaban J connectivity index is 1.72. The molecule has 3 atom stereocenters. The quantitative estimate of drug-likeness (QED) is 0.615. The molecular weight excluding hydrogens is 322 g/mol. The number of anilines is 1. The van der Waals surface area contributed by atoms with Gasteiger partial charge in [0.25, 0.3) is 5.91 Å². The summed E-state index contributed by atoms with van der Waals surface area (Å²) < 4.78 is 5.61. The SMILES string of the molecule is NC[C@H]1CC[C@@H](C(=O)NC(C(=O)Nc2ccn[nH]2)c2ccccc2)O1. The lowest BCUT2D eigenvalue weighted by molar-refractivity contribution is -0.135. The lowest BCUT2D eigenvalue weighted by Gasteiger charge is -2.20. The first-order chi connectivity index (χ1) is 12.2. The Morgan fingerprint density at radius 1 is 1.28 bits per heavy atom. The van der Waals surface area contributed by atoms with Gasteiger partial charge in [-0.2, -0.15) is 5.10 Å². The van der Waals surface area contributed by atoms with Crippen LogP contribution >= 0.6 is 0 Å². The van der Waals surface area contributed by atoms with Crippen molar-refractivity contribution in [3.05, 3.63) is 48.2 Å². The van der Waals surface area contributed by atoms with Gasteiger partial charge < -0.3 is 21.1 Å². The van der Waals surface area contributed by atoms with Crippen LogP contribution < -0.4 is 16.4 Å². The monoisotopic (exact) mass is 343 g/mol. The molecule has 1 aromatic heterocycles. The molecule has 25 heavy (non-hydrogen) atoms. The molecule has 1 aliphatic rings. The Hall–Kier alpha value is -2.71. The van der Waals surface area contributed by atoms with E-state index >= 15 is 0 Å². The maximum atomic E-state index is 12.6. The van der Waals surface area contributed by atoms with Gasteiger partial charge >= 0.3 is 0 Å². The number of H-pyrrole nitrogens is 1. The van der Waals surface area contributed by atoms with Gasteiger partial charge in [-0.3, -0.25) is 14.7 Å². The van der Waals surface area contributed by atoms with E-state index in [2.05, 4.69) is 20.8 Å². The van der Waals surface area contributed by atoms with E-state index in [1.165, 1.54) is 6.20 Å². The summed E-state index contributed by atoms with van der Waals surface area (Å²) in [5, 5.41) is 11.9. The van der Waals surface area contributed by atoms with Crippen LogP contribution in [0.25, 0.3) is 0 Å². The normalized spacial score (nSPS) is 20.8. The fraction of sp³-hybridized carbons (Fsp3) is 0.353. The van der Waals surface area contributed by atoms with Crippen molar-refractivity contribution in [2.24, 2.45) is 5.73 Å². The second kappa shape index (κ2) is 7.91. The molecule has 1 aliphatic heterocycles. The number of amides is 2. The van der Waals surface area contributed by atoms with Crippen molar-refractivity contribution in [2.45, 2.75) is 31.1 Å². The van der Waals surface area contributed by atoms with Gasteiger partial charge in [0.2, 0.25) is 5.91 Å². The molecule has 1 unspecified atom stereocenters. The summed E-state index contributed by atoms with van der Waals surface area (Å²) >= 11 is 0. The van der Waals surface area contributed by atoms with Crippen LogP contribution in [0.2, 0.25) is 0 Å². The summed E-state index contributed by atoms with van der Waals surface area (Å²) in [5.74, 6) is -0.220. The standard InChI is InChI=1S/C17H21N5O3/c18-10-12-6-7-13(25-12)16(23)21-15(11-4-2-1-3-5-11)17(24)20-14-8-9-19-22-14/h1-5,8-9,12-13,15H,6-7,10,18H2,(H,21,23)(H2,19,20,22,24)/t12-,13+,15?/m1/s1. The van der Waals surface area contributed by atoms with E-state index in [0.29, 0.717) is 24.3 Å². The predicted octanol–water partition coefficient (Wildman–Crippen LogP) is 0.712. The van der Waals surface area contributed by atoms with Gasteiger partial charge in [0.15, 0.2) is 0 Å². The summed E-state index contributed by atoms with van der Waals surface area (Å²) in [7, 11) is 0. The van der Waals surface area contributed by atoms with Crippen LogP contribution in [0.5, 0.6) is 0 Å². The minimum Gasteiger partial charge on any atom is -0.364 e. The van der Waals surface area contributed by atoms with Gasteiger partial charge in [-0.05, 0) is 18.4 Å². The smallest absolute Gasteiger partial charge is 0.252 e. The number of nitrogens with zero attached hydrogens (tertiary/aromatic N) is 1. The molecule has 0 radical (unpaired) electrons. The lowest BCUT2D eigenvalue weighted by Crippen LogP contribution is -2.42. The van der Waals surface area contributed by atoms with Crippen molar-refractivity contribution in [2.75, 3.05) is 11.9 Å². The van der Waals surface area contributed by atoms with E-state index < -0.39 is 12.1 Å². The number of rotatable bonds is 6. The van der Waals surface area contributed by atoms with Crippen molar-refractivity contribution in [1.29, 1.82) is 0 Å². The van der Waals surface area contributed by atoms with Crippen molar-refractivity contribution in [3.8, 4) is 0 Å². The first kappa shape index (κ1) is 17.1. The Bertz CT molecular complexity index is 704. The molecule has 1 fully saturated rings. The first-order valence-corrected chi connectivity index (χ1v) is 8.18. The topological polar surface area (TPSA) is 122 Å². The fourth-order valence-electron chi connectivity index (χ4n) is 2.78. The average Bonchev–Trinajstić information content (AvgIpc) is 3.31. The number of carbonyl (C=O) groups is 2. The highest BCUT2D eigenvalue weighted by Crippen LogP contribution is 2.21. The minimum absolute atomic E-state index is 0.107. The third-order valence-electron chi connectivity index (χ3n) is 4.10. The highest BCUT2D eigenvalue weighted by Gasteiger charge is 2.33. The molecule has 0 bridgehead atoms. The Morgan fingerprint density at radius 2 is 2.08 bits per heavy atom. The Kier molecular flexibility index (Phi) is 5.42. The number of nitrogens with two attached hydrogens (primary N) is 1. The molecular formula is C17H21N5O3. The van der Waals surface area contributed by atoms with Crippen LogP contribution in [-0.2, 0) is 14.3 Å². The van der Waals surface area contributed by atoms with Gasteiger partial charge in [0, 0.05) is 12.6 Å². The van der Waals surface area contributed by atoms with Crippen molar-refractivity contribution in [1.82, 2.24) is 15.5 Å². The highest BCUT2D eigenvalue weighted by molar-refractivity contribution is 5.97. The van der Waals surface area contributed by atoms with Crippen LogP contribution in [0, 0.1) is 0 Å². The number of nitrogens with one attached hydrogen (secondary N) is 3. The van der Waals surface area contributed by atoms with Crippen LogP contribution in [0.15, 0.2) is 42.6 Å². The van der Waals surface area contributed by atoms with Crippen molar-refractivity contribution >= 4 is 17.6 Å². The number of aromatic amines is 1. The van der Waals surface area contributed by atoms with E-state index in [-0.39, 0.29) is 17.9 Å². The molecule has 3 rings (SSSR count). The maximum absolute atomic E-state index is 12.6. The molecule has 0 spiro atoms. The molecule has 1 saturated heterocycles. The molecule has 132 valence electrons. The predicted molar refractivity (Wildman–Crippen MR) is 91.5 cm³/mol. The lowest BCUT2D eigenvalue weighted by atomic mass is 10.1. The third kappa shape index (κ3) is 4.23. The summed E-state index contributed by atoms with van der Waals surface area (Å²) in [6, 6.07) is 9.85. The molecule has 0 aliphatic carbocycles. The zero-order chi connectivity index (χ0) is 17.6. The number of hydrogen-bond donors (Lipinski definition) is 4. The Labute approximate surface area is 145 Å². The molecule has 8 nitrogen and oxygen atoms in total. The van der Waals surface area contributed by atoms with Crippen LogP contribution in [0.1, 0.15) is 24.4 Å². The van der Waals surface area contributed by atoms with Crippen molar-refractivity contribution < 1.29 is 14.3 Å². The van der Waals surface area contributed by atoms with Gasteiger partial charge in [-0.1, -0.05) is 30.3 Å². The first-order valence-electron chi connectivity index (χ1n) is 8.18. The second-order valence-corrected chi connectivity index (χ2v) is 5.87. The van der Waals surface area contributed by atoms with Gasteiger partial charge in [-0.25, -0.2) is 0 Å². The summed E-state index contributed by atoms with van der Waals surface area (Å²) in [6.45, 7) is 0.381. The largest absolute Gasteiger partial charge is 0.364 e. The molecule has 2 amide bonds. The van der Waals surface area contributed by atoms with Crippen LogP contribution in [0.4, 0.5) is 5.82 Å². The minimum atomic E-state index is -0.836. The highest BCUT2D eigenvalue weighted by atomic mass is 16.5. The number of benzene rings is 1. The number of ether oxygens (including phenoxy) is 1. The van der Waals surface area contributed by atoms with E-state index in [1.807, 2.05) is 18.2 Å². The van der Waals surface area contributed by atoms with Crippen LogP contribution in [-0.4, -0.2) is 40.8 Å². The van der Waals surface area contributed by atoms with E-state index in [1.54, 1.807) is 18.2 Å². The van der Waals surface area contributed by atoms with E-state index in [0.717, 1.165) is 6.42 Å². The van der Waals surface area contributed by atoms with Gasteiger partial charge in [0.05, 0.1) is 12.3 Å². The van der Waals surface area contributed by atoms with Gasteiger partial charge in [-0.15, -0.1) is 0 Å². The van der Waals surface area contributed by atoms with E-state index in [4.69, 9.17) is 10.5 Å². The summed E-state index contributed by atoms with van der Waals surface area (Å²) in [6.07, 6.45) is 2.18. The van der Waals surface area contributed by atoms with E-state index in [9.17, 15) is 9.59 Å². The maximum Gasteiger partial charge on any atom is 0.252 e. The average molecular weight is 343 g/mol. The third-order valence-corrected chi connectivity index (χ3v) is 4.10. The van der Waals surface area contributed by atoms with Crippen LogP contribution in [0.3, 0.4) is 0 Å². The molecule has 2 heterocycles. The molecule has 8 heteroatoms. The second-order valence-electron chi connectivity index (χ2n) is 5.87. The summed E-state index contributed by atoms with van der Waals surface area (Å²) in [5.41, 5.74) is 6.26. The zero-order valence-corrected chi connectivity index (χ0v) is 13.6. The Morgan fingerprint density at radius 3 is 2.72 bits per heavy atom. The fourth-order valence-corrected chi connectivity index (χ4v) is 2.78. The molecule has 1 aromatic carbocycles. The molecule has 5 N–H and O–H groups in total. The summed E-state index contributed by atoms with van der Waals surface area (Å²) in [4.78, 5) is 25.2. The van der Waals surface area contributed by atoms with Crippen molar-refractivity contribution in [3.63, 3.8) is 0 Å².